The highest BCUT2D eigenvalue weighted by molar-refractivity contribution is 6.06. The summed E-state index contributed by atoms with van der Waals surface area (Å²) in [5.41, 5.74) is 4.14. The van der Waals surface area contributed by atoms with Crippen LogP contribution in [-0.2, 0) is 0 Å². The fourth-order valence-corrected chi connectivity index (χ4v) is 2.89. The molecule has 0 aliphatic carbocycles. The van der Waals surface area contributed by atoms with Crippen molar-refractivity contribution in [3.8, 4) is 22.9 Å². The highest BCUT2D eigenvalue weighted by atomic mass is 16.5. The van der Waals surface area contributed by atoms with Crippen LogP contribution in [0.2, 0.25) is 0 Å². The number of aromatic nitrogens is 3. The SMILES string of the molecule is CC(C)Oc1ccc(-c2cnc3[nH]c4cnc(C#N)cc4c3c2)cc1. The monoisotopic (exact) mass is 328 g/mol. The van der Waals surface area contributed by atoms with Crippen molar-refractivity contribution in [2.75, 3.05) is 0 Å². The second kappa shape index (κ2) is 5.91. The zero-order valence-corrected chi connectivity index (χ0v) is 13.9. The number of nitrogens with one attached hydrogen (secondary N) is 1. The second-order valence-corrected chi connectivity index (χ2v) is 6.16. The van der Waals surface area contributed by atoms with Gasteiger partial charge in [-0.2, -0.15) is 5.26 Å². The standard InChI is InChI=1S/C20H16N4O/c1-12(2)25-16-5-3-13(4-6-16)14-7-18-17-8-15(9-21)22-11-19(17)24-20(18)23-10-14/h3-8,10-12H,1-2H3,(H,23,24). The Kier molecular flexibility index (Phi) is 3.58. The average Bonchev–Trinajstić information content (AvgIpc) is 2.98. The van der Waals surface area contributed by atoms with Gasteiger partial charge in [0.25, 0.3) is 0 Å². The van der Waals surface area contributed by atoms with Crippen LogP contribution in [0.25, 0.3) is 33.1 Å². The molecule has 0 spiro atoms. The van der Waals surface area contributed by atoms with E-state index in [1.54, 1.807) is 12.3 Å². The van der Waals surface area contributed by atoms with Crippen LogP contribution in [0.3, 0.4) is 0 Å². The van der Waals surface area contributed by atoms with Crippen molar-refractivity contribution < 1.29 is 4.74 Å². The normalized spacial score (nSPS) is 11.1. The molecule has 122 valence electrons. The van der Waals surface area contributed by atoms with E-state index in [2.05, 4.69) is 27.1 Å². The van der Waals surface area contributed by atoms with Gasteiger partial charge < -0.3 is 9.72 Å². The van der Waals surface area contributed by atoms with Crippen LogP contribution in [0.4, 0.5) is 0 Å². The number of benzene rings is 1. The van der Waals surface area contributed by atoms with E-state index >= 15 is 0 Å². The molecule has 0 fully saturated rings. The topological polar surface area (TPSA) is 74.6 Å². The number of hydrogen-bond acceptors (Lipinski definition) is 4. The van der Waals surface area contributed by atoms with Gasteiger partial charge in [0.2, 0.25) is 0 Å². The number of hydrogen-bond donors (Lipinski definition) is 1. The Bertz CT molecular complexity index is 1100. The van der Waals surface area contributed by atoms with Gasteiger partial charge >= 0.3 is 0 Å². The highest BCUT2D eigenvalue weighted by Crippen LogP contribution is 2.29. The van der Waals surface area contributed by atoms with Crippen LogP contribution in [0, 0.1) is 11.3 Å². The first-order valence-electron chi connectivity index (χ1n) is 8.09. The summed E-state index contributed by atoms with van der Waals surface area (Å²) in [6.07, 6.45) is 3.67. The van der Waals surface area contributed by atoms with Crippen molar-refractivity contribution in [2.24, 2.45) is 0 Å². The maximum Gasteiger partial charge on any atom is 0.141 e. The number of pyridine rings is 2. The molecule has 0 bridgehead atoms. The van der Waals surface area contributed by atoms with Crippen molar-refractivity contribution in [2.45, 2.75) is 20.0 Å². The molecule has 4 aromatic rings. The molecule has 1 aromatic carbocycles. The molecule has 0 amide bonds. The fourth-order valence-electron chi connectivity index (χ4n) is 2.89. The third-order valence-corrected chi connectivity index (χ3v) is 4.01. The average molecular weight is 328 g/mol. The zero-order chi connectivity index (χ0) is 17.4. The van der Waals surface area contributed by atoms with Crippen molar-refractivity contribution in [1.82, 2.24) is 15.0 Å². The number of ether oxygens (including phenoxy) is 1. The van der Waals surface area contributed by atoms with Gasteiger partial charge in [0.1, 0.15) is 23.2 Å². The lowest BCUT2D eigenvalue weighted by molar-refractivity contribution is 0.242. The Balaban J connectivity index is 1.80. The molecule has 0 aliphatic rings. The summed E-state index contributed by atoms with van der Waals surface area (Å²) in [6.45, 7) is 4.01. The van der Waals surface area contributed by atoms with E-state index in [1.807, 2.05) is 44.3 Å². The molecule has 0 saturated carbocycles. The molecule has 0 atom stereocenters. The van der Waals surface area contributed by atoms with Gasteiger partial charge in [-0.25, -0.2) is 9.97 Å². The zero-order valence-electron chi connectivity index (χ0n) is 13.9. The number of fused-ring (bicyclic) bond motifs is 3. The summed E-state index contributed by atoms with van der Waals surface area (Å²) in [4.78, 5) is 11.9. The summed E-state index contributed by atoms with van der Waals surface area (Å²) < 4.78 is 5.69. The Morgan fingerprint density at radius 1 is 1.00 bits per heavy atom. The maximum atomic E-state index is 9.08. The Labute approximate surface area is 144 Å². The van der Waals surface area contributed by atoms with E-state index in [-0.39, 0.29) is 6.10 Å². The maximum absolute atomic E-state index is 9.08. The molecule has 25 heavy (non-hydrogen) atoms. The lowest BCUT2D eigenvalue weighted by atomic mass is 10.1. The third kappa shape index (κ3) is 2.79. The number of aromatic amines is 1. The predicted molar refractivity (Wildman–Crippen MR) is 97.3 cm³/mol. The molecule has 0 saturated heterocycles. The quantitative estimate of drug-likeness (QED) is 0.603. The van der Waals surface area contributed by atoms with Crippen molar-refractivity contribution in [3.63, 3.8) is 0 Å². The number of nitriles is 1. The molecule has 0 radical (unpaired) electrons. The molecule has 0 aliphatic heterocycles. The van der Waals surface area contributed by atoms with Crippen molar-refractivity contribution in [3.05, 3.63) is 54.5 Å². The molecule has 3 aromatic heterocycles. The summed E-state index contributed by atoms with van der Waals surface area (Å²) in [7, 11) is 0. The van der Waals surface area contributed by atoms with E-state index in [9.17, 15) is 0 Å². The van der Waals surface area contributed by atoms with E-state index in [4.69, 9.17) is 10.00 Å². The van der Waals surface area contributed by atoms with Gasteiger partial charge in [0.15, 0.2) is 0 Å². The van der Waals surface area contributed by atoms with E-state index in [0.717, 1.165) is 38.8 Å². The lowest BCUT2D eigenvalue weighted by Gasteiger charge is -2.10. The molecule has 3 heterocycles. The highest BCUT2D eigenvalue weighted by Gasteiger charge is 2.09. The molecule has 1 N–H and O–H groups in total. The van der Waals surface area contributed by atoms with Gasteiger partial charge in [-0.05, 0) is 43.7 Å². The van der Waals surface area contributed by atoms with Crippen LogP contribution < -0.4 is 4.74 Å². The third-order valence-electron chi connectivity index (χ3n) is 4.01. The van der Waals surface area contributed by atoms with Crippen LogP contribution in [-0.4, -0.2) is 21.1 Å². The molecule has 5 heteroatoms. The first-order valence-corrected chi connectivity index (χ1v) is 8.09. The van der Waals surface area contributed by atoms with Crippen LogP contribution >= 0.6 is 0 Å². The number of H-pyrrole nitrogens is 1. The molecular weight excluding hydrogens is 312 g/mol. The Morgan fingerprint density at radius 3 is 2.52 bits per heavy atom. The second-order valence-electron chi connectivity index (χ2n) is 6.16. The Morgan fingerprint density at radius 2 is 1.80 bits per heavy atom. The van der Waals surface area contributed by atoms with Crippen LogP contribution in [0.5, 0.6) is 5.75 Å². The summed E-state index contributed by atoms with van der Waals surface area (Å²) in [5, 5.41) is 11.0. The summed E-state index contributed by atoms with van der Waals surface area (Å²) in [6, 6.07) is 13.9. The molecular formula is C20H16N4O. The lowest BCUT2D eigenvalue weighted by Crippen LogP contribution is -2.05. The van der Waals surface area contributed by atoms with E-state index in [1.165, 1.54) is 0 Å². The molecule has 0 unspecified atom stereocenters. The van der Waals surface area contributed by atoms with Crippen LogP contribution in [0.1, 0.15) is 19.5 Å². The van der Waals surface area contributed by atoms with Gasteiger partial charge in [0.05, 0.1) is 17.8 Å². The first-order chi connectivity index (χ1) is 12.1. The predicted octanol–water partition coefficient (Wildman–Crippen LogP) is 4.44. The smallest absolute Gasteiger partial charge is 0.141 e. The van der Waals surface area contributed by atoms with E-state index < -0.39 is 0 Å². The Hall–Kier alpha value is -3.39. The van der Waals surface area contributed by atoms with Gasteiger partial charge in [-0.3, -0.25) is 0 Å². The fraction of sp³-hybridized carbons (Fsp3) is 0.150. The van der Waals surface area contributed by atoms with Gasteiger partial charge in [-0.15, -0.1) is 0 Å². The summed E-state index contributed by atoms with van der Waals surface area (Å²) in [5.74, 6) is 0.851. The van der Waals surface area contributed by atoms with E-state index in [0.29, 0.717) is 5.69 Å². The van der Waals surface area contributed by atoms with Gasteiger partial charge in [-0.1, -0.05) is 12.1 Å². The van der Waals surface area contributed by atoms with Crippen LogP contribution in [0.15, 0.2) is 48.8 Å². The first kappa shape index (κ1) is 15.2. The van der Waals surface area contributed by atoms with Crippen molar-refractivity contribution in [1.29, 1.82) is 5.26 Å². The largest absolute Gasteiger partial charge is 0.491 e. The van der Waals surface area contributed by atoms with Gasteiger partial charge in [0, 0.05) is 22.5 Å². The minimum Gasteiger partial charge on any atom is -0.491 e. The molecule has 4 rings (SSSR count). The minimum absolute atomic E-state index is 0.151. The molecule has 5 nitrogen and oxygen atoms in total. The van der Waals surface area contributed by atoms with Crippen molar-refractivity contribution >= 4 is 21.9 Å². The number of nitrogens with zero attached hydrogens (tertiary/aromatic N) is 3. The number of rotatable bonds is 3. The minimum atomic E-state index is 0.151. The summed E-state index contributed by atoms with van der Waals surface area (Å²) >= 11 is 0.